The molecule has 0 bridgehead atoms. The standard InChI is InChI=1S/C14H19FN2O3/c1-3-4-7-16-14(18)9-20-13-8-11(15)5-6-12(13)10(2)17-19/h5-6,8,19H,3-4,7,9H2,1-2H3,(H,16,18). The highest BCUT2D eigenvalue weighted by molar-refractivity contribution is 6.00. The largest absolute Gasteiger partial charge is 0.483 e. The average molecular weight is 282 g/mol. The van der Waals surface area contributed by atoms with Gasteiger partial charge in [-0.1, -0.05) is 18.5 Å². The summed E-state index contributed by atoms with van der Waals surface area (Å²) in [7, 11) is 0. The summed E-state index contributed by atoms with van der Waals surface area (Å²) >= 11 is 0. The molecule has 0 saturated carbocycles. The Morgan fingerprint density at radius 2 is 2.25 bits per heavy atom. The molecule has 1 amide bonds. The maximum atomic E-state index is 13.2. The van der Waals surface area contributed by atoms with Gasteiger partial charge in [-0.25, -0.2) is 4.39 Å². The number of halogens is 1. The van der Waals surface area contributed by atoms with Crippen molar-refractivity contribution in [2.24, 2.45) is 5.16 Å². The lowest BCUT2D eigenvalue weighted by Gasteiger charge is -2.11. The Morgan fingerprint density at radius 3 is 2.90 bits per heavy atom. The van der Waals surface area contributed by atoms with E-state index < -0.39 is 5.82 Å². The number of oxime groups is 1. The van der Waals surface area contributed by atoms with Gasteiger partial charge in [0.15, 0.2) is 6.61 Å². The van der Waals surface area contributed by atoms with E-state index in [1.165, 1.54) is 12.1 Å². The number of nitrogens with one attached hydrogen (secondary N) is 1. The predicted molar refractivity (Wildman–Crippen MR) is 73.8 cm³/mol. The summed E-state index contributed by atoms with van der Waals surface area (Å²) < 4.78 is 18.5. The van der Waals surface area contributed by atoms with Gasteiger partial charge >= 0.3 is 0 Å². The lowest BCUT2D eigenvalue weighted by atomic mass is 10.1. The molecule has 0 aliphatic carbocycles. The van der Waals surface area contributed by atoms with E-state index in [9.17, 15) is 9.18 Å². The normalized spacial score (nSPS) is 11.2. The molecule has 0 aliphatic heterocycles. The van der Waals surface area contributed by atoms with Gasteiger partial charge in [0, 0.05) is 18.2 Å². The highest BCUT2D eigenvalue weighted by atomic mass is 19.1. The maximum absolute atomic E-state index is 13.2. The topological polar surface area (TPSA) is 70.9 Å². The fourth-order valence-corrected chi connectivity index (χ4v) is 1.57. The Hall–Kier alpha value is -2.11. The molecule has 5 nitrogen and oxygen atoms in total. The molecule has 1 aromatic carbocycles. The summed E-state index contributed by atoms with van der Waals surface area (Å²) in [4.78, 5) is 11.5. The molecule has 20 heavy (non-hydrogen) atoms. The number of carbonyl (C=O) groups is 1. The van der Waals surface area contributed by atoms with Crippen molar-refractivity contribution in [1.82, 2.24) is 5.32 Å². The first kappa shape index (κ1) is 15.9. The monoisotopic (exact) mass is 282 g/mol. The molecule has 0 radical (unpaired) electrons. The van der Waals surface area contributed by atoms with Crippen LogP contribution in [0.3, 0.4) is 0 Å². The van der Waals surface area contributed by atoms with E-state index in [0.717, 1.165) is 18.9 Å². The minimum absolute atomic E-state index is 0.172. The summed E-state index contributed by atoms with van der Waals surface area (Å²) in [5.41, 5.74) is 0.724. The molecule has 0 fully saturated rings. The Kier molecular flexibility index (Phi) is 6.49. The Bertz CT molecular complexity index is 489. The SMILES string of the molecule is CCCCNC(=O)COc1cc(F)ccc1C(C)=NO. The van der Waals surface area contributed by atoms with Crippen LogP contribution in [0.25, 0.3) is 0 Å². The molecule has 2 N–H and O–H groups in total. The summed E-state index contributed by atoms with van der Waals surface area (Å²) in [5, 5.41) is 14.5. The second kappa shape index (κ2) is 8.14. The van der Waals surface area contributed by atoms with Gasteiger partial charge in [0.25, 0.3) is 5.91 Å². The molecule has 1 rings (SSSR count). The third-order valence-corrected chi connectivity index (χ3v) is 2.69. The number of nitrogens with zero attached hydrogens (tertiary/aromatic N) is 1. The molecule has 0 aromatic heterocycles. The van der Waals surface area contributed by atoms with Crippen molar-refractivity contribution in [1.29, 1.82) is 0 Å². The summed E-state index contributed by atoms with van der Waals surface area (Å²) in [6.07, 6.45) is 1.88. The van der Waals surface area contributed by atoms with Gasteiger partial charge in [-0.3, -0.25) is 4.79 Å². The molecule has 0 spiro atoms. The van der Waals surface area contributed by atoms with Crippen molar-refractivity contribution in [2.75, 3.05) is 13.2 Å². The number of carbonyl (C=O) groups excluding carboxylic acids is 1. The van der Waals surface area contributed by atoms with Crippen LogP contribution in [0.5, 0.6) is 5.75 Å². The van der Waals surface area contributed by atoms with E-state index >= 15 is 0 Å². The van der Waals surface area contributed by atoms with E-state index in [1.54, 1.807) is 6.92 Å². The minimum Gasteiger partial charge on any atom is -0.483 e. The summed E-state index contributed by atoms with van der Waals surface area (Å²) in [5.74, 6) is -0.584. The van der Waals surface area contributed by atoms with E-state index in [2.05, 4.69) is 10.5 Å². The second-order valence-electron chi connectivity index (χ2n) is 4.32. The molecule has 0 saturated heterocycles. The average Bonchev–Trinajstić information content (AvgIpc) is 2.44. The van der Waals surface area contributed by atoms with Crippen molar-refractivity contribution in [2.45, 2.75) is 26.7 Å². The zero-order valence-electron chi connectivity index (χ0n) is 11.6. The highest BCUT2D eigenvalue weighted by Gasteiger charge is 2.10. The summed E-state index contributed by atoms with van der Waals surface area (Å²) in [6, 6.07) is 3.83. The second-order valence-corrected chi connectivity index (χ2v) is 4.32. The molecular weight excluding hydrogens is 263 g/mol. The molecule has 0 atom stereocenters. The van der Waals surface area contributed by atoms with E-state index in [4.69, 9.17) is 9.94 Å². The van der Waals surface area contributed by atoms with Crippen LogP contribution in [-0.2, 0) is 4.79 Å². The molecular formula is C14H19FN2O3. The van der Waals surface area contributed by atoms with Crippen LogP contribution in [0.2, 0.25) is 0 Å². The number of ether oxygens (including phenoxy) is 1. The predicted octanol–water partition coefficient (Wildman–Crippen LogP) is 2.32. The highest BCUT2D eigenvalue weighted by Crippen LogP contribution is 2.20. The van der Waals surface area contributed by atoms with Crippen LogP contribution < -0.4 is 10.1 Å². The van der Waals surface area contributed by atoms with Gasteiger partial charge in [-0.2, -0.15) is 0 Å². The fourth-order valence-electron chi connectivity index (χ4n) is 1.57. The fraction of sp³-hybridized carbons (Fsp3) is 0.429. The van der Waals surface area contributed by atoms with Crippen LogP contribution in [0, 0.1) is 5.82 Å². The number of rotatable bonds is 7. The first-order chi connectivity index (χ1) is 9.58. The van der Waals surface area contributed by atoms with Crippen LogP contribution in [0.4, 0.5) is 4.39 Å². The molecule has 0 heterocycles. The van der Waals surface area contributed by atoms with Gasteiger partial charge in [0.1, 0.15) is 11.6 Å². The number of amides is 1. The smallest absolute Gasteiger partial charge is 0.257 e. The van der Waals surface area contributed by atoms with Crippen LogP contribution in [-0.4, -0.2) is 30.0 Å². The first-order valence-electron chi connectivity index (χ1n) is 6.46. The van der Waals surface area contributed by atoms with E-state index in [0.29, 0.717) is 12.1 Å². The molecule has 6 heteroatoms. The van der Waals surface area contributed by atoms with Crippen LogP contribution in [0.15, 0.2) is 23.4 Å². The Balaban J connectivity index is 2.67. The Labute approximate surface area is 117 Å². The van der Waals surface area contributed by atoms with Crippen molar-refractivity contribution in [3.8, 4) is 5.75 Å². The first-order valence-corrected chi connectivity index (χ1v) is 6.46. The number of hydrogen-bond acceptors (Lipinski definition) is 4. The molecule has 0 aliphatic rings. The van der Waals surface area contributed by atoms with E-state index in [1.807, 2.05) is 6.92 Å². The van der Waals surface area contributed by atoms with Gasteiger partial charge < -0.3 is 15.3 Å². The third-order valence-electron chi connectivity index (χ3n) is 2.69. The van der Waals surface area contributed by atoms with Crippen molar-refractivity contribution < 1.29 is 19.1 Å². The lowest BCUT2D eigenvalue weighted by molar-refractivity contribution is -0.123. The van der Waals surface area contributed by atoms with Gasteiger partial charge in [0.05, 0.1) is 5.71 Å². The van der Waals surface area contributed by atoms with Gasteiger partial charge in [-0.15, -0.1) is 0 Å². The molecule has 110 valence electrons. The van der Waals surface area contributed by atoms with Gasteiger partial charge in [-0.05, 0) is 25.5 Å². The quantitative estimate of drug-likeness (QED) is 0.349. The lowest BCUT2D eigenvalue weighted by Crippen LogP contribution is -2.29. The van der Waals surface area contributed by atoms with Crippen molar-refractivity contribution in [3.05, 3.63) is 29.6 Å². The van der Waals surface area contributed by atoms with E-state index in [-0.39, 0.29) is 24.0 Å². The van der Waals surface area contributed by atoms with Crippen molar-refractivity contribution in [3.63, 3.8) is 0 Å². The van der Waals surface area contributed by atoms with Gasteiger partial charge in [0.2, 0.25) is 0 Å². The zero-order chi connectivity index (χ0) is 15.0. The van der Waals surface area contributed by atoms with Crippen molar-refractivity contribution >= 4 is 11.6 Å². The van der Waals surface area contributed by atoms with Crippen LogP contribution in [0.1, 0.15) is 32.3 Å². The summed E-state index contributed by atoms with van der Waals surface area (Å²) in [6.45, 7) is 3.96. The minimum atomic E-state index is -0.485. The van der Waals surface area contributed by atoms with Crippen LogP contribution >= 0.6 is 0 Å². The number of benzene rings is 1. The molecule has 1 aromatic rings. The third kappa shape index (κ3) is 4.87. The number of hydrogen-bond donors (Lipinski definition) is 2. The zero-order valence-corrected chi connectivity index (χ0v) is 11.6. The maximum Gasteiger partial charge on any atom is 0.257 e. The number of unbranched alkanes of at least 4 members (excludes halogenated alkanes) is 1. The molecule has 0 unspecified atom stereocenters. The Morgan fingerprint density at radius 1 is 1.50 bits per heavy atom.